The number of halogens is 1. The molecule has 0 fully saturated rings. The van der Waals surface area contributed by atoms with Crippen LogP contribution in [0.25, 0.3) is 0 Å². The summed E-state index contributed by atoms with van der Waals surface area (Å²) in [6.45, 7) is 0. The Morgan fingerprint density at radius 2 is 2.00 bits per heavy atom. The molecule has 1 rings (SSSR count). The molecule has 5 nitrogen and oxygen atoms in total. The zero-order valence-corrected chi connectivity index (χ0v) is 5.70. The second-order valence-electron chi connectivity index (χ2n) is 1.23. The third kappa shape index (κ3) is 25.3. The van der Waals surface area contributed by atoms with Crippen LogP contribution in [-0.4, -0.2) is 49.3 Å². The molecule has 0 saturated heterocycles. The minimum absolute atomic E-state index is 0. The molecule has 0 aliphatic carbocycles. The fourth-order valence-electron chi connectivity index (χ4n) is 0.215. The predicted molar refractivity (Wildman–Crippen MR) is 38.9 cm³/mol. The Bertz CT molecular complexity index is 175. The number of rotatable bonds is 0. The van der Waals surface area contributed by atoms with Gasteiger partial charge in [-0.1, -0.05) is 0 Å². The van der Waals surface area contributed by atoms with Crippen LogP contribution in [0.3, 0.4) is 0 Å². The number of hydrogen-bond donors (Lipinski definition) is 3. The molecule has 0 atom stereocenters. The quantitative estimate of drug-likeness (QED) is 0.392. The Morgan fingerprint density at radius 1 is 1.55 bits per heavy atom. The molecule has 0 unspecified atom stereocenters. The number of hydrogen-bond acceptors (Lipinski definition) is 2. The average molecular weight is 192 g/mol. The van der Waals surface area contributed by atoms with Crippen LogP contribution in [0.4, 0.5) is 4.20 Å². The van der Waals surface area contributed by atoms with E-state index in [1.807, 2.05) is 0 Å². The Labute approximate surface area is 84.6 Å². The van der Waals surface area contributed by atoms with Crippen LogP contribution in [0.1, 0.15) is 0 Å². The summed E-state index contributed by atoms with van der Waals surface area (Å²) in [5.41, 5.74) is 0. The van der Waals surface area contributed by atoms with E-state index in [0.29, 0.717) is 0 Å². The number of aromatic nitrogens is 2. The van der Waals surface area contributed by atoms with Crippen LogP contribution in [-0.2, 0) is 4.57 Å². The predicted octanol–water partition coefficient (Wildman–Crippen LogP) is -0.190. The second kappa shape index (κ2) is 6.97. The van der Waals surface area contributed by atoms with E-state index in [-0.39, 0.29) is 29.6 Å². The summed E-state index contributed by atoms with van der Waals surface area (Å²) >= 11 is 0. The Balaban J connectivity index is 0. The molecule has 0 radical (unpaired) electrons. The van der Waals surface area contributed by atoms with Gasteiger partial charge in [-0.3, -0.25) is 9.79 Å². The normalized spacial score (nSPS) is 9.00. The molecule has 8 heteroatoms. The molecule has 60 valence electrons. The van der Waals surface area contributed by atoms with Crippen molar-refractivity contribution < 1.29 is 18.5 Å². The molecular formula is C3H7FN2NaO3P. The van der Waals surface area contributed by atoms with E-state index in [9.17, 15) is 4.20 Å². The smallest absolute Gasteiger partial charge is 0.0919 e. The summed E-state index contributed by atoms with van der Waals surface area (Å²) in [6, 6.07) is 0. The van der Waals surface area contributed by atoms with Crippen LogP contribution in [0.15, 0.2) is 18.7 Å². The maximum absolute atomic E-state index is 10.4. The molecule has 0 aliphatic rings. The molecule has 0 aliphatic heterocycles. The summed E-state index contributed by atoms with van der Waals surface area (Å²) in [5, 5.41) is 0. The van der Waals surface area contributed by atoms with Gasteiger partial charge >= 0.3 is 37.5 Å². The first-order valence-corrected chi connectivity index (χ1v) is 3.68. The molecule has 1 heterocycles. The van der Waals surface area contributed by atoms with Crippen LogP contribution < -0.4 is 0 Å². The van der Waals surface area contributed by atoms with Gasteiger partial charge in [-0.2, -0.15) is 0 Å². The van der Waals surface area contributed by atoms with Crippen LogP contribution in [0.2, 0.25) is 0 Å². The van der Waals surface area contributed by atoms with Gasteiger partial charge in [-0.05, 0) is 0 Å². The molecule has 0 spiro atoms. The summed E-state index contributed by atoms with van der Waals surface area (Å²) in [4.78, 5) is 20.3. The van der Waals surface area contributed by atoms with E-state index in [1.165, 1.54) is 0 Å². The summed E-state index contributed by atoms with van der Waals surface area (Å²) in [5.74, 6) is 0. The van der Waals surface area contributed by atoms with Gasteiger partial charge < -0.3 is 4.98 Å². The molecule has 11 heavy (non-hydrogen) atoms. The average Bonchev–Trinajstić information content (AvgIpc) is 2.07. The van der Waals surface area contributed by atoms with E-state index in [1.54, 1.807) is 18.7 Å². The molecule has 1 aromatic heterocycles. The summed E-state index contributed by atoms with van der Waals surface area (Å²) in [7, 11) is -5.14. The minimum Gasteiger partial charge on any atom is -0.351 e. The number of nitrogens with one attached hydrogen (secondary N) is 1. The van der Waals surface area contributed by atoms with E-state index < -0.39 is 7.91 Å². The first-order valence-electron chi connectivity index (χ1n) is 2.18. The zero-order chi connectivity index (χ0) is 8.04. The summed E-state index contributed by atoms with van der Waals surface area (Å²) < 4.78 is 19.0. The van der Waals surface area contributed by atoms with Crippen molar-refractivity contribution in [2.24, 2.45) is 0 Å². The van der Waals surface area contributed by atoms with E-state index >= 15 is 0 Å². The van der Waals surface area contributed by atoms with Crippen LogP contribution >= 0.6 is 7.91 Å². The maximum Gasteiger partial charge on any atom is 0.0919 e. The zero-order valence-electron chi connectivity index (χ0n) is 4.81. The van der Waals surface area contributed by atoms with Crippen LogP contribution in [0, 0.1) is 0 Å². The first kappa shape index (κ1) is 13.9. The number of imidazole rings is 1. The Hall–Kier alpha value is 0.290. The Kier molecular flexibility index (Phi) is 8.77. The van der Waals surface area contributed by atoms with Gasteiger partial charge in [0.2, 0.25) is 0 Å². The van der Waals surface area contributed by atoms with Crippen molar-refractivity contribution in [1.29, 1.82) is 0 Å². The molecular weight excluding hydrogens is 185 g/mol. The monoisotopic (exact) mass is 192 g/mol. The third-order valence-corrected chi connectivity index (χ3v) is 0.406. The van der Waals surface area contributed by atoms with Gasteiger partial charge in [0.15, 0.2) is 0 Å². The largest absolute Gasteiger partial charge is 0.351 e. The fourth-order valence-corrected chi connectivity index (χ4v) is 0.215. The topological polar surface area (TPSA) is 86.2 Å². The van der Waals surface area contributed by atoms with Gasteiger partial charge in [-0.15, -0.1) is 4.20 Å². The molecule has 0 saturated carbocycles. The van der Waals surface area contributed by atoms with Gasteiger partial charge in [0, 0.05) is 12.4 Å². The first-order chi connectivity index (χ1) is 4.50. The van der Waals surface area contributed by atoms with E-state index in [2.05, 4.69) is 9.97 Å². The van der Waals surface area contributed by atoms with Crippen molar-refractivity contribution in [2.45, 2.75) is 0 Å². The van der Waals surface area contributed by atoms with Gasteiger partial charge in [0.25, 0.3) is 0 Å². The fraction of sp³-hybridized carbons (Fsp3) is 0. The van der Waals surface area contributed by atoms with Crippen molar-refractivity contribution in [3.63, 3.8) is 0 Å². The van der Waals surface area contributed by atoms with Gasteiger partial charge in [0.1, 0.15) is 0 Å². The SMILES string of the molecule is O=P(O)(O)F.[NaH].c1c[nH]cn1. The molecule has 3 N–H and O–H groups in total. The molecule has 1 aromatic rings. The number of nitrogens with zero attached hydrogens (tertiary/aromatic N) is 1. The number of H-pyrrole nitrogens is 1. The van der Waals surface area contributed by atoms with E-state index in [0.717, 1.165) is 0 Å². The standard InChI is InChI=1S/C3H4N2.FH2O3P.Na.H/c1-2-5-3-4-1;1-5(2,3)4;;/h1-3H,(H,4,5);(H2,2,3,4);;. The third-order valence-electron chi connectivity index (χ3n) is 0.406. The van der Waals surface area contributed by atoms with Crippen LogP contribution in [0.5, 0.6) is 0 Å². The van der Waals surface area contributed by atoms with Crippen molar-refractivity contribution in [1.82, 2.24) is 9.97 Å². The van der Waals surface area contributed by atoms with Crippen molar-refractivity contribution >= 4 is 37.5 Å². The van der Waals surface area contributed by atoms with E-state index in [4.69, 9.17) is 14.4 Å². The minimum atomic E-state index is -5.14. The summed E-state index contributed by atoms with van der Waals surface area (Å²) in [6.07, 6.45) is 5.08. The van der Waals surface area contributed by atoms with Crippen molar-refractivity contribution in [3.05, 3.63) is 18.7 Å². The van der Waals surface area contributed by atoms with Crippen molar-refractivity contribution in [3.8, 4) is 0 Å². The second-order valence-corrected chi connectivity index (χ2v) is 2.18. The van der Waals surface area contributed by atoms with Gasteiger partial charge in [0.05, 0.1) is 6.33 Å². The molecule has 0 amide bonds. The maximum atomic E-state index is 10.4. The molecule has 0 bridgehead atoms. The molecule has 0 aromatic carbocycles. The van der Waals surface area contributed by atoms with Crippen molar-refractivity contribution in [2.75, 3.05) is 0 Å². The Morgan fingerprint density at radius 3 is 2.09 bits per heavy atom. The van der Waals surface area contributed by atoms with Gasteiger partial charge in [-0.25, -0.2) is 9.55 Å². The number of aromatic amines is 1.